The second kappa shape index (κ2) is 12.7. The first-order chi connectivity index (χ1) is 28.3. The Bertz CT molecular complexity index is 3300. The number of aromatic nitrogens is 3. The number of para-hydroxylation sites is 1. The number of benzene rings is 8. The first-order valence-corrected chi connectivity index (χ1v) is 24.4. The van der Waals surface area contributed by atoms with Gasteiger partial charge in [0.25, 0.3) is 0 Å². The van der Waals surface area contributed by atoms with Crippen molar-refractivity contribution in [2.45, 2.75) is 0 Å². The number of thiophene rings is 1. The molecule has 0 unspecified atom stereocenters. The molecule has 0 saturated heterocycles. The van der Waals surface area contributed by atoms with Gasteiger partial charge < -0.3 is 0 Å². The van der Waals surface area contributed by atoms with Crippen LogP contribution in [-0.2, 0) is 0 Å². The molecule has 12 rings (SSSR count). The van der Waals surface area contributed by atoms with Crippen LogP contribution in [-0.4, -0.2) is 27.8 Å². The molecule has 0 radical (unpaired) electrons. The van der Waals surface area contributed by atoms with Gasteiger partial charge in [-0.15, -0.1) is 11.3 Å². The van der Waals surface area contributed by atoms with E-state index in [4.69, 9.17) is 9.97 Å². The van der Waals surface area contributed by atoms with Crippen LogP contribution in [0.25, 0.3) is 81.4 Å². The summed E-state index contributed by atoms with van der Waals surface area (Å²) in [6.07, 6.45) is 0. The topological polar surface area (TPSA) is 30.7 Å². The molecule has 1 aliphatic heterocycles. The fourth-order valence-electron chi connectivity index (χ4n) is 9.43. The zero-order valence-corrected chi connectivity index (χ0v) is 33.7. The summed E-state index contributed by atoms with van der Waals surface area (Å²) in [5.41, 5.74) is 9.02. The van der Waals surface area contributed by atoms with Crippen molar-refractivity contribution in [3.8, 4) is 39.5 Å². The molecule has 266 valence electrons. The maximum atomic E-state index is 5.75. The fraction of sp³-hybridized carbons (Fsp3) is 0. The molecule has 0 fully saturated rings. The van der Waals surface area contributed by atoms with Crippen molar-refractivity contribution in [1.82, 2.24) is 14.5 Å². The van der Waals surface area contributed by atoms with Crippen LogP contribution in [0.1, 0.15) is 0 Å². The third kappa shape index (κ3) is 4.78. The zero-order chi connectivity index (χ0) is 37.5. The Morgan fingerprint density at radius 3 is 1.82 bits per heavy atom. The first kappa shape index (κ1) is 32.6. The molecule has 0 atom stereocenters. The zero-order valence-electron chi connectivity index (χ0n) is 30.8. The van der Waals surface area contributed by atoms with E-state index in [1.165, 1.54) is 70.8 Å². The van der Waals surface area contributed by atoms with Gasteiger partial charge in [-0.2, -0.15) is 0 Å². The summed E-state index contributed by atoms with van der Waals surface area (Å²) in [7, 11) is 0. The average Bonchev–Trinajstić information content (AvgIpc) is 3.92. The van der Waals surface area contributed by atoms with Crippen molar-refractivity contribution in [2.24, 2.45) is 0 Å². The normalized spacial score (nSPS) is 13.1. The molecule has 4 heterocycles. The summed E-state index contributed by atoms with van der Waals surface area (Å²) >= 11 is -1.77. The van der Waals surface area contributed by atoms with Gasteiger partial charge in [0.15, 0.2) is 0 Å². The predicted octanol–water partition coefficient (Wildman–Crippen LogP) is 10.6. The summed E-state index contributed by atoms with van der Waals surface area (Å²) < 4.78 is 10.4. The van der Waals surface area contributed by atoms with Gasteiger partial charge in [-0.3, -0.25) is 0 Å². The van der Waals surface area contributed by atoms with Crippen molar-refractivity contribution in [3.63, 3.8) is 0 Å². The van der Waals surface area contributed by atoms with E-state index in [-0.39, 0.29) is 0 Å². The van der Waals surface area contributed by atoms with Crippen LogP contribution in [0.5, 0.6) is 0 Å². The fourth-order valence-corrected chi connectivity index (χ4v) is 21.1. The molecule has 1 aliphatic rings. The third-order valence-electron chi connectivity index (χ3n) is 11.9. The summed E-state index contributed by atoms with van der Waals surface area (Å²) in [6.45, 7) is 0. The Balaban J connectivity index is 1.10. The molecule has 57 heavy (non-hydrogen) atoms. The van der Waals surface area contributed by atoms with Gasteiger partial charge in [-0.05, 0) is 6.07 Å². The van der Waals surface area contributed by atoms with Crippen molar-refractivity contribution in [2.75, 3.05) is 0 Å². The van der Waals surface area contributed by atoms with Crippen molar-refractivity contribution < 1.29 is 0 Å². The van der Waals surface area contributed by atoms with Crippen LogP contribution in [0.15, 0.2) is 200 Å². The molecule has 5 heteroatoms. The van der Waals surface area contributed by atoms with Crippen LogP contribution in [0, 0.1) is 0 Å². The van der Waals surface area contributed by atoms with E-state index in [1.807, 2.05) is 11.3 Å². The van der Waals surface area contributed by atoms with Gasteiger partial charge >= 0.3 is 298 Å². The molecule has 0 N–H and O–H groups in total. The van der Waals surface area contributed by atoms with E-state index in [0.29, 0.717) is 0 Å². The van der Waals surface area contributed by atoms with Crippen molar-refractivity contribution in [1.29, 1.82) is 0 Å². The number of rotatable bonds is 5. The molecule has 3 nitrogen and oxygen atoms in total. The van der Waals surface area contributed by atoms with Crippen LogP contribution in [0.4, 0.5) is 0 Å². The van der Waals surface area contributed by atoms with E-state index >= 15 is 0 Å². The molecule has 0 bridgehead atoms. The molecule has 0 saturated carbocycles. The molecule has 0 aliphatic carbocycles. The summed E-state index contributed by atoms with van der Waals surface area (Å²) in [5.74, 6) is 0.752. The van der Waals surface area contributed by atoms with E-state index < -0.39 is 13.3 Å². The molecule has 8 aromatic carbocycles. The molecular formula is C52H33GeN3S. The minimum atomic E-state index is -3.64. The van der Waals surface area contributed by atoms with Crippen molar-refractivity contribution in [3.05, 3.63) is 200 Å². The summed E-state index contributed by atoms with van der Waals surface area (Å²) in [5, 5.41) is 5.14. The molecule has 3 aromatic heterocycles. The van der Waals surface area contributed by atoms with Gasteiger partial charge in [-0.25, -0.2) is 0 Å². The van der Waals surface area contributed by atoms with Gasteiger partial charge in [-0.1, -0.05) is 18.2 Å². The predicted molar refractivity (Wildman–Crippen MR) is 243 cm³/mol. The van der Waals surface area contributed by atoms with Gasteiger partial charge in [0.2, 0.25) is 0 Å². The Kier molecular flexibility index (Phi) is 7.28. The number of fused-ring (bicyclic) bond motifs is 9. The maximum absolute atomic E-state index is 5.75. The number of nitrogens with zero attached hydrogens (tertiary/aromatic N) is 3. The molecule has 0 spiro atoms. The Morgan fingerprint density at radius 1 is 0.439 bits per heavy atom. The molecular weight excluding hydrogens is 771 g/mol. The van der Waals surface area contributed by atoms with Crippen LogP contribution >= 0.6 is 11.3 Å². The average molecular weight is 805 g/mol. The van der Waals surface area contributed by atoms with Crippen LogP contribution in [0.3, 0.4) is 0 Å². The number of hydrogen-bond acceptors (Lipinski definition) is 3. The van der Waals surface area contributed by atoms with Crippen molar-refractivity contribution >= 4 is 84.3 Å². The van der Waals surface area contributed by atoms with E-state index in [9.17, 15) is 0 Å². The van der Waals surface area contributed by atoms with E-state index in [1.54, 1.807) is 0 Å². The molecule has 11 aromatic rings. The first-order valence-electron chi connectivity index (χ1n) is 19.4. The summed E-state index contributed by atoms with van der Waals surface area (Å²) in [6, 6.07) is 73.2. The molecule has 0 amide bonds. The van der Waals surface area contributed by atoms with Gasteiger partial charge in [0.05, 0.1) is 0 Å². The van der Waals surface area contributed by atoms with Gasteiger partial charge in [0, 0.05) is 4.70 Å². The minimum absolute atomic E-state index is 0.752. The second-order valence-corrected chi connectivity index (χ2v) is 23.7. The number of hydrogen-bond donors (Lipinski definition) is 0. The van der Waals surface area contributed by atoms with Gasteiger partial charge in [0.1, 0.15) is 0 Å². The van der Waals surface area contributed by atoms with E-state index in [0.717, 1.165) is 28.3 Å². The van der Waals surface area contributed by atoms with Crippen LogP contribution < -0.4 is 17.7 Å². The Hall–Kier alpha value is -6.60. The Labute approximate surface area is 336 Å². The second-order valence-electron chi connectivity index (χ2n) is 14.9. The SMILES string of the molecule is c1ccc(-c2nc(-c3ccc(-n4c5ccccc5c5cc6sc7ccccc7c6cc54)cc3)n[c]3c2-c2cccc[c]2[Ge]3([c]2ccccc2)[c]2ccccc2)cc1. The monoisotopic (exact) mass is 805 g/mol. The summed E-state index contributed by atoms with van der Waals surface area (Å²) in [4.78, 5) is 11.2. The Morgan fingerprint density at radius 2 is 1.07 bits per heavy atom. The standard InChI is InChI=1S/C52H33GeN3S/c1-4-16-34(17-5-1)50-49-41-24-10-13-25-44(41)53(36-18-6-2-7-19-36,37-20-8-3-9-21-37)51(49)55-52(54-50)35-28-30-38(31-29-35)56-45-26-14-11-22-39(45)42-33-48-43(32-46(42)56)40-23-12-15-27-47(40)57-48/h1-33H. The van der Waals surface area contributed by atoms with Crippen LogP contribution in [0.2, 0.25) is 0 Å². The quantitative estimate of drug-likeness (QED) is 0.162. The third-order valence-corrected chi connectivity index (χ3v) is 22.9. The van der Waals surface area contributed by atoms with E-state index in [2.05, 4.69) is 205 Å².